The molecule has 1 N–H and O–H groups in total. The first-order chi connectivity index (χ1) is 24.7. The van der Waals surface area contributed by atoms with Crippen molar-refractivity contribution in [3.8, 4) is 23.0 Å². The molecule has 4 aromatic rings. The number of hydrogen-bond acceptors (Lipinski definition) is 10. The van der Waals surface area contributed by atoms with E-state index in [1.54, 1.807) is 49.5 Å². The number of aromatic nitrogens is 5. The number of fused-ring (bicyclic) bond motifs is 5. The number of amides is 2. The average molecular weight is 754 g/mol. The summed E-state index contributed by atoms with van der Waals surface area (Å²) in [4.78, 5) is 70.1. The van der Waals surface area contributed by atoms with E-state index in [9.17, 15) is 29.1 Å². The van der Waals surface area contributed by atoms with Gasteiger partial charge in [-0.25, -0.2) is 28.5 Å². The lowest BCUT2D eigenvalue weighted by atomic mass is 9.66. The number of carbonyl (C=O) groups excluding carboxylic acids is 2. The highest BCUT2D eigenvalue weighted by Gasteiger charge is 2.74. The van der Waals surface area contributed by atoms with Crippen LogP contribution in [0.15, 0.2) is 62.4 Å². The molecule has 0 bridgehead atoms. The first kappa shape index (κ1) is 35.1. The number of likely N-dealkylation sites (tertiary alicyclic amines) is 1. The van der Waals surface area contributed by atoms with Crippen molar-refractivity contribution in [2.24, 2.45) is 13.0 Å². The van der Waals surface area contributed by atoms with Crippen LogP contribution in [0.1, 0.15) is 23.7 Å². The summed E-state index contributed by atoms with van der Waals surface area (Å²) in [6.45, 7) is -0.215. The van der Waals surface area contributed by atoms with Gasteiger partial charge in [0.25, 0.3) is 17.4 Å². The van der Waals surface area contributed by atoms with E-state index in [0.717, 1.165) is 9.47 Å². The van der Waals surface area contributed by atoms with Crippen molar-refractivity contribution in [3.63, 3.8) is 0 Å². The zero-order valence-corrected chi connectivity index (χ0v) is 30.3. The molecule has 1 aliphatic carbocycles. The van der Waals surface area contributed by atoms with Crippen molar-refractivity contribution in [2.75, 3.05) is 28.4 Å². The van der Waals surface area contributed by atoms with Crippen LogP contribution in [-0.4, -0.2) is 83.4 Å². The minimum absolute atomic E-state index is 0.0396. The number of methoxy groups -OCH3 is 3. The highest BCUT2D eigenvalue weighted by atomic mass is 35.5. The second-order valence-corrected chi connectivity index (χ2v) is 14.1. The number of allylic oxidation sites excluding steroid dienone is 3. The molecule has 4 atom stereocenters. The van der Waals surface area contributed by atoms with Crippen LogP contribution < -0.4 is 31.1 Å². The number of nitrogens with zero attached hydrogens (tertiary/aromatic N) is 6. The van der Waals surface area contributed by atoms with Crippen LogP contribution in [0.2, 0.25) is 0 Å². The molecule has 1 saturated heterocycles. The number of carbonyl (C=O) groups is 2. The number of aromatic hydroxyl groups is 1. The third kappa shape index (κ3) is 4.85. The molecule has 17 heteroatoms. The number of imide groups is 1. The molecule has 15 nitrogen and oxygen atoms in total. The zero-order chi connectivity index (χ0) is 37.4. The molecule has 2 amide bonds. The molecule has 1 saturated carbocycles. The summed E-state index contributed by atoms with van der Waals surface area (Å²) in [5.74, 6) is -1.43. The number of benzene rings is 2. The maximum Gasteiger partial charge on any atom is 0.347 e. The van der Waals surface area contributed by atoms with E-state index in [-0.39, 0.29) is 43.1 Å². The van der Waals surface area contributed by atoms with Gasteiger partial charge in [0.15, 0.2) is 32.7 Å². The summed E-state index contributed by atoms with van der Waals surface area (Å²) in [5, 5.41) is 10.1. The number of aryl methyl sites for hydroxylation is 2. The van der Waals surface area contributed by atoms with Crippen LogP contribution in [0.5, 0.6) is 23.0 Å². The maximum atomic E-state index is 14.2. The predicted octanol–water partition coefficient (Wildman–Crippen LogP) is 2.20. The van der Waals surface area contributed by atoms with E-state index in [2.05, 4.69) is 4.98 Å². The topological polar surface area (TPSA) is 169 Å². The Morgan fingerprint density at radius 1 is 0.942 bits per heavy atom. The number of phenols is 1. The van der Waals surface area contributed by atoms with Crippen molar-refractivity contribution in [2.45, 2.75) is 41.7 Å². The smallest absolute Gasteiger partial charge is 0.347 e. The third-order valence-electron chi connectivity index (χ3n) is 10.3. The van der Waals surface area contributed by atoms with Gasteiger partial charge in [0.05, 0.1) is 44.9 Å². The van der Waals surface area contributed by atoms with Gasteiger partial charge in [0.1, 0.15) is 5.69 Å². The quantitative estimate of drug-likeness (QED) is 0.160. The minimum Gasteiger partial charge on any atom is -0.504 e. The number of halogens is 2. The third-order valence-corrected chi connectivity index (χ3v) is 11.8. The fourth-order valence-corrected chi connectivity index (χ4v) is 8.54. The number of phenolic OH excluding ortho intramolecular Hbond substituents is 1. The predicted molar refractivity (Wildman–Crippen MR) is 191 cm³/mol. The molecule has 2 aliphatic heterocycles. The molecule has 0 radical (unpaired) electrons. The summed E-state index contributed by atoms with van der Waals surface area (Å²) in [5.41, 5.74) is 0.456. The molecule has 272 valence electrons. The Morgan fingerprint density at radius 2 is 1.63 bits per heavy atom. The fourth-order valence-electron chi connectivity index (χ4n) is 7.59. The molecule has 2 aromatic carbocycles. The monoisotopic (exact) mass is 752 g/mol. The normalized spacial score (nSPS) is 23.8. The molecule has 52 heavy (non-hydrogen) atoms. The molecule has 7 rings (SSSR count). The van der Waals surface area contributed by atoms with Gasteiger partial charge in [-0.15, -0.1) is 23.2 Å². The van der Waals surface area contributed by atoms with E-state index in [1.807, 2.05) is 0 Å². The lowest BCUT2D eigenvalue weighted by Crippen LogP contribution is -2.60. The molecular weight excluding hydrogens is 719 g/mol. The highest BCUT2D eigenvalue weighted by Crippen LogP contribution is 2.60. The van der Waals surface area contributed by atoms with Crippen molar-refractivity contribution >= 4 is 52.1 Å². The van der Waals surface area contributed by atoms with Gasteiger partial charge in [-0.05, 0) is 23.3 Å². The van der Waals surface area contributed by atoms with Crippen molar-refractivity contribution in [1.29, 1.82) is 0 Å². The summed E-state index contributed by atoms with van der Waals surface area (Å²) in [6.07, 6.45) is 4.72. The zero-order valence-electron chi connectivity index (χ0n) is 28.8. The summed E-state index contributed by atoms with van der Waals surface area (Å²) < 4.78 is 20.9. The Labute approximate surface area is 305 Å². The molecule has 4 unspecified atom stereocenters. The van der Waals surface area contributed by atoms with Gasteiger partial charge >= 0.3 is 11.4 Å². The Morgan fingerprint density at radius 3 is 2.33 bits per heavy atom. The van der Waals surface area contributed by atoms with Gasteiger partial charge in [-0.3, -0.25) is 19.3 Å². The van der Waals surface area contributed by atoms with E-state index in [1.165, 1.54) is 48.4 Å². The number of ether oxygens (including phenoxy) is 3. The summed E-state index contributed by atoms with van der Waals surface area (Å²) in [7, 11) is 7.27. The Kier molecular flexibility index (Phi) is 8.41. The van der Waals surface area contributed by atoms with Gasteiger partial charge < -0.3 is 23.9 Å². The average Bonchev–Trinajstić information content (AvgIpc) is 3.46. The molecule has 2 aromatic heterocycles. The first-order valence-corrected chi connectivity index (χ1v) is 17.0. The van der Waals surface area contributed by atoms with Crippen molar-refractivity contribution in [3.05, 3.63) is 90.6 Å². The Bertz CT molecular complexity index is 2450. The molecule has 3 aliphatic rings. The second-order valence-electron chi connectivity index (χ2n) is 12.9. The molecular formula is C35H34Cl2N6O9. The van der Waals surface area contributed by atoms with Crippen molar-refractivity contribution in [1.82, 2.24) is 28.4 Å². The number of hydrogen-bond donors (Lipinski definition) is 1. The van der Waals surface area contributed by atoms with Crippen LogP contribution >= 0.6 is 23.2 Å². The van der Waals surface area contributed by atoms with Crippen LogP contribution in [0.25, 0.3) is 17.1 Å². The number of alkyl halides is 2. The Hall–Kier alpha value is -5.28. The standard InChI is InChI=1S/C35H34Cl2N6O9/c1-39-23-16-28(52-5)27(51-4)15-22(23)38-21(29(39)45)11-12-41-32(48)42-13-10-19-20(8-6-18-7-9-25(44)26(14-18)50-3)35(37)31(47)40(2)30(46)34(35,36)17-24(19)43(42)33(41)49/h6-10,14-16,20,24,44H,11-13,17H2,1-5H3. The van der Waals surface area contributed by atoms with E-state index < -0.39 is 50.5 Å². The highest BCUT2D eigenvalue weighted by molar-refractivity contribution is 6.53. The summed E-state index contributed by atoms with van der Waals surface area (Å²) in [6, 6.07) is 7.00. The van der Waals surface area contributed by atoms with E-state index >= 15 is 0 Å². The molecule has 2 fully saturated rings. The van der Waals surface area contributed by atoms with Crippen LogP contribution in [0.4, 0.5) is 0 Å². The molecule has 4 heterocycles. The first-order valence-electron chi connectivity index (χ1n) is 16.2. The lowest BCUT2D eigenvalue weighted by molar-refractivity contribution is -0.137. The Balaban J connectivity index is 1.28. The van der Waals surface area contributed by atoms with Gasteiger partial charge in [0, 0.05) is 51.5 Å². The van der Waals surface area contributed by atoms with Gasteiger partial charge in [-0.1, -0.05) is 24.3 Å². The van der Waals surface area contributed by atoms with Crippen molar-refractivity contribution < 1.29 is 28.9 Å². The van der Waals surface area contributed by atoms with E-state index in [4.69, 9.17) is 37.4 Å². The van der Waals surface area contributed by atoms with Gasteiger partial charge in [0.2, 0.25) is 0 Å². The minimum atomic E-state index is -1.98. The SMILES string of the molecule is COc1cc(C=CC2C3=CCn4c(=O)n(CCc5nc6cc(OC)c(OC)cc6n(C)c5=O)c(=O)n4C3CC3(Cl)C(=O)N(C)C(=O)C23Cl)ccc1O. The van der Waals surface area contributed by atoms with E-state index in [0.29, 0.717) is 33.7 Å². The van der Waals surface area contributed by atoms with Crippen LogP contribution in [0, 0.1) is 5.92 Å². The van der Waals surface area contributed by atoms with Gasteiger partial charge in [-0.2, -0.15) is 0 Å². The molecule has 0 spiro atoms. The lowest BCUT2D eigenvalue weighted by Gasteiger charge is -2.47. The maximum absolute atomic E-state index is 14.2. The fraction of sp³-hybridized carbons (Fsp3) is 0.371. The largest absolute Gasteiger partial charge is 0.504 e. The number of rotatable bonds is 8. The second kappa shape index (κ2) is 12.4. The van der Waals surface area contributed by atoms with Crippen LogP contribution in [0.3, 0.4) is 0 Å². The summed E-state index contributed by atoms with van der Waals surface area (Å²) >= 11 is 14.3. The van der Waals surface area contributed by atoms with Crippen LogP contribution in [-0.2, 0) is 36.1 Å².